The van der Waals surface area contributed by atoms with Crippen molar-refractivity contribution in [2.75, 3.05) is 17.2 Å². The lowest BCUT2D eigenvalue weighted by Gasteiger charge is -2.29. The zero-order valence-electron chi connectivity index (χ0n) is 16.6. The van der Waals surface area contributed by atoms with Gasteiger partial charge >= 0.3 is 0 Å². The third kappa shape index (κ3) is 3.59. The van der Waals surface area contributed by atoms with E-state index in [0.717, 1.165) is 28.3 Å². The Balaban J connectivity index is 1.73. The summed E-state index contributed by atoms with van der Waals surface area (Å²) >= 11 is 0. The van der Waals surface area contributed by atoms with Crippen LogP contribution in [0.15, 0.2) is 66.1 Å². The van der Waals surface area contributed by atoms with Crippen molar-refractivity contribution in [2.24, 2.45) is 0 Å². The minimum absolute atomic E-state index is 0.177. The van der Waals surface area contributed by atoms with Gasteiger partial charge in [0.1, 0.15) is 18.1 Å². The number of aryl methyl sites for hydroxylation is 1. The molecule has 1 amide bonds. The predicted molar refractivity (Wildman–Crippen MR) is 112 cm³/mol. The molecule has 7 nitrogen and oxygen atoms in total. The molecule has 0 bridgehead atoms. The van der Waals surface area contributed by atoms with Gasteiger partial charge in [0.05, 0.1) is 12.2 Å². The summed E-state index contributed by atoms with van der Waals surface area (Å²) in [6, 6.07) is 15.1. The molecular formula is C22H23N5O2. The van der Waals surface area contributed by atoms with Crippen molar-refractivity contribution in [2.45, 2.75) is 26.8 Å². The largest absolute Gasteiger partial charge is 0.494 e. The summed E-state index contributed by atoms with van der Waals surface area (Å²) in [5.74, 6) is 1.22. The minimum atomic E-state index is -0.395. The van der Waals surface area contributed by atoms with Crippen molar-refractivity contribution in [3.8, 4) is 5.75 Å². The lowest BCUT2D eigenvalue weighted by Crippen LogP contribution is -2.31. The first-order valence-electron chi connectivity index (χ1n) is 9.55. The average Bonchev–Trinajstić information content (AvgIpc) is 3.17. The quantitative estimate of drug-likeness (QED) is 0.691. The highest BCUT2D eigenvalue weighted by Gasteiger charge is 2.33. The summed E-state index contributed by atoms with van der Waals surface area (Å²) in [7, 11) is 0. The van der Waals surface area contributed by atoms with Crippen molar-refractivity contribution >= 4 is 17.5 Å². The maximum absolute atomic E-state index is 13.3. The van der Waals surface area contributed by atoms with E-state index in [9.17, 15) is 4.79 Å². The first-order valence-corrected chi connectivity index (χ1v) is 9.55. The van der Waals surface area contributed by atoms with Crippen LogP contribution >= 0.6 is 0 Å². The maximum Gasteiger partial charge on any atom is 0.255 e. The summed E-state index contributed by atoms with van der Waals surface area (Å²) in [4.78, 5) is 17.6. The fraction of sp³-hybridized carbons (Fsp3) is 0.227. The number of anilines is 2. The van der Waals surface area contributed by atoms with Gasteiger partial charge in [-0.1, -0.05) is 30.3 Å². The number of rotatable bonds is 5. The number of hydrogen-bond donors (Lipinski definition) is 2. The smallest absolute Gasteiger partial charge is 0.255 e. The van der Waals surface area contributed by atoms with Gasteiger partial charge in [0.25, 0.3) is 5.91 Å². The molecule has 29 heavy (non-hydrogen) atoms. The maximum atomic E-state index is 13.3. The molecule has 4 rings (SSSR count). The molecule has 2 heterocycles. The predicted octanol–water partition coefficient (Wildman–Crippen LogP) is 3.91. The van der Waals surface area contributed by atoms with Crippen LogP contribution in [-0.2, 0) is 4.79 Å². The van der Waals surface area contributed by atoms with Crippen molar-refractivity contribution in [3.63, 3.8) is 0 Å². The highest BCUT2D eigenvalue weighted by molar-refractivity contribution is 6.06. The number of nitrogens with one attached hydrogen (secondary N) is 2. The van der Waals surface area contributed by atoms with E-state index in [-0.39, 0.29) is 5.91 Å². The van der Waals surface area contributed by atoms with Crippen LogP contribution in [0.1, 0.15) is 31.0 Å². The number of amides is 1. The van der Waals surface area contributed by atoms with Gasteiger partial charge in [0.2, 0.25) is 5.95 Å². The van der Waals surface area contributed by atoms with Gasteiger partial charge in [0, 0.05) is 11.4 Å². The second-order valence-electron chi connectivity index (χ2n) is 6.87. The fourth-order valence-electron chi connectivity index (χ4n) is 3.51. The van der Waals surface area contributed by atoms with Crippen LogP contribution in [0.25, 0.3) is 0 Å². The van der Waals surface area contributed by atoms with E-state index >= 15 is 0 Å². The van der Waals surface area contributed by atoms with Gasteiger partial charge in [-0.15, -0.1) is 0 Å². The summed E-state index contributed by atoms with van der Waals surface area (Å²) in [5, 5.41) is 10.6. The van der Waals surface area contributed by atoms with Crippen LogP contribution in [0.5, 0.6) is 5.75 Å². The molecule has 2 N–H and O–H groups in total. The average molecular weight is 389 g/mol. The molecule has 2 aromatic carbocycles. The van der Waals surface area contributed by atoms with E-state index in [2.05, 4.69) is 20.7 Å². The van der Waals surface area contributed by atoms with Gasteiger partial charge < -0.3 is 15.4 Å². The number of allylic oxidation sites excluding steroid dienone is 1. The number of ether oxygens (including phenoxy) is 1. The van der Waals surface area contributed by atoms with Crippen LogP contribution in [0.3, 0.4) is 0 Å². The number of carbonyl (C=O) groups excluding carboxylic acids is 1. The molecule has 1 aliphatic heterocycles. The number of fused-ring (bicyclic) bond motifs is 1. The van der Waals surface area contributed by atoms with Gasteiger partial charge in [0.15, 0.2) is 0 Å². The summed E-state index contributed by atoms with van der Waals surface area (Å²) < 4.78 is 7.28. The van der Waals surface area contributed by atoms with E-state index in [0.29, 0.717) is 18.1 Å². The van der Waals surface area contributed by atoms with Crippen LogP contribution in [0.4, 0.5) is 11.6 Å². The van der Waals surface area contributed by atoms with E-state index in [4.69, 9.17) is 4.74 Å². The fourth-order valence-corrected chi connectivity index (χ4v) is 3.51. The highest BCUT2D eigenvalue weighted by atomic mass is 16.5. The molecule has 7 heteroatoms. The van der Waals surface area contributed by atoms with Crippen LogP contribution < -0.4 is 15.4 Å². The van der Waals surface area contributed by atoms with E-state index in [1.165, 1.54) is 6.33 Å². The molecule has 0 saturated carbocycles. The zero-order valence-corrected chi connectivity index (χ0v) is 16.6. The number of aromatic nitrogens is 3. The Labute approximate surface area is 169 Å². The van der Waals surface area contributed by atoms with Crippen LogP contribution in [0, 0.1) is 6.92 Å². The molecule has 0 unspecified atom stereocenters. The number of carbonyl (C=O) groups is 1. The first kappa shape index (κ1) is 18.7. The third-order valence-electron chi connectivity index (χ3n) is 4.94. The monoisotopic (exact) mass is 389 g/mol. The Hall–Kier alpha value is -3.61. The second kappa shape index (κ2) is 7.79. The molecule has 0 saturated heterocycles. The second-order valence-corrected chi connectivity index (χ2v) is 6.87. The molecule has 1 aromatic heterocycles. The molecule has 0 fully saturated rings. The minimum Gasteiger partial charge on any atom is -0.494 e. The SMILES string of the molecule is CCOc1ccc([C@H]2C(C(=O)Nc3ccccc3C)=C(C)Nc3ncnn32)cc1. The van der Waals surface area contributed by atoms with Crippen molar-refractivity contribution in [1.29, 1.82) is 0 Å². The molecule has 1 aliphatic rings. The Kier molecular flexibility index (Phi) is 5.03. The Morgan fingerprint density at radius 1 is 1.17 bits per heavy atom. The number of nitrogens with zero attached hydrogens (tertiary/aromatic N) is 3. The standard InChI is InChI=1S/C22H23N5O2/c1-4-29-17-11-9-16(10-12-17)20-19(15(3)25-22-23-13-24-27(20)22)21(28)26-18-8-6-5-7-14(18)2/h5-13,20H,4H2,1-3H3,(H,26,28)(H,23,24,25)/t20-/m0/s1. The lowest BCUT2D eigenvalue weighted by atomic mass is 9.95. The number of benzene rings is 2. The van der Waals surface area contributed by atoms with Crippen LogP contribution in [0.2, 0.25) is 0 Å². The molecule has 0 aliphatic carbocycles. The van der Waals surface area contributed by atoms with Gasteiger partial charge in [-0.25, -0.2) is 4.68 Å². The topological polar surface area (TPSA) is 81.1 Å². The normalized spacial score (nSPS) is 15.5. The summed E-state index contributed by atoms with van der Waals surface area (Å²) in [5.41, 5.74) is 4.05. The first-order chi connectivity index (χ1) is 14.1. The molecule has 1 atom stereocenters. The van der Waals surface area contributed by atoms with Crippen molar-refractivity contribution < 1.29 is 9.53 Å². The molecule has 3 aromatic rings. The van der Waals surface area contributed by atoms with E-state index in [1.54, 1.807) is 4.68 Å². The lowest BCUT2D eigenvalue weighted by molar-refractivity contribution is -0.113. The van der Waals surface area contributed by atoms with Crippen molar-refractivity contribution in [3.05, 3.63) is 77.3 Å². The van der Waals surface area contributed by atoms with Crippen LogP contribution in [-0.4, -0.2) is 27.3 Å². The van der Waals surface area contributed by atoms with Gasteiger partial charge in [-0.3, -0.25) is 4.79 Å². The van der Waals surface area contributed by atoms with Crippen molar-refractivity contribution in [1.82, 2.24) is 14.8 Å². The number of para-hydroxylation sites is 1. The molecule has 148 valence electrons. The van der Waals surface area contributed by atoms with E-state index in [1.807, 2.05) is 69.3 Å². The van der Waals surface area contributed by atoms with Gasteiger partial charge in [-0.2, -0.15) is 10.1 Å². The summed E-state index contributed by atoms with van der Waals surface area (Å²) in [6.45, 7) is 6.40. The molecule has 0 radical (unpaired) electrons. The summed E-state index contributed by atoms with van der Waals surface area (Å²) in [6.07, 6.45) is 1.49. The Bertz CT molecular complexity index is 1070. The third-order valence-corrected chi connectivity index (χ3v) is 4.94. The zero-order chi connectivity index (χ0) is 20.4. The van der Waals surface area contributed by atoms with Gasteiger partial charge in [-0.05, 0) is 50.1 Å². The molecular weight excluding hydrogens is 366 g/mol. The molecule has 0 spiro atoms. The Morgan fingerprint density at radius 2 is 1.93 bits per heavy atom. The van der Waals surface area contributed by atoms with E-state index < -0.39 is 6.04 Å². The Morgan fingerprint density at radius 3 is 2.66 bits per heavy atom. The highest BCUT2D eigenvalue weighted by Crippen LogP contribution is 2.35. The number of hydrogen-bond acceptors (Lipinski definition) is 5.